The first kappa shape index (κ1) is 13.9. The summed E-state index contributed by atoms with van der Waals surface area (Å²) >= 11 is 0. The van der Waals surface area contributed by atoms with Crippen molar-refractivity contribution in [2.75, 3.05) is 31.6 Å². The smallest absolute Gasteiger partial charge is 0.0991 e. The van der Waals surface area contributed by atoms with Crippen LogP contribution in [0.4, 0.5) is 5.69 Å². The van der Waals surface area contributed by atoms with E-state index in [0.29, 0.717) is 17.6 Å². The minimum absolute atomic E-state index is 0.206. The zero-order valence-corrected chi connectivity index (χ0v) is 11.6. The Hall–Kier alpha value is -1.57. The Morgan fingerprint density at radius 1 is 1.32 bits per heavy atom. The summed E-state index contributed by atoms with van der Waals surface area (Å²) in [5.74, 6) is 0. The maximum absolute atomic E-state index is 9.25. The van der Waals surface area contributed by atoms with Crippen LogP contribution in [0.3, 0.4) is 0 Å². The van der Waals surface area contributed by atoms with Gasteiger partial charge < -0.3 is 14.9 Å². The van der Waals surface area contributed by atoms with Crippen molar-refractivity contribution in [3.05, 3.63) is 29.8 Å². The normalized spacial score (nSPS) is 24.2. The molecule has 4 heteroatoms. The van der Waals surface area contributed by atoms with Crippen LogP contribution in [-0.2, 0) is 0 Å². The third kappa shape index (κ3) is 3.06. The van der Waals surface area contributed by atoms with Crippen LogP contribution in [0.5, 0.6) is 0 Å². The second-order valence-electron chi connectivity index (χ2n) is 5.30. The SMILES string of the molecule is CC1CN(C)CC(CCO)N1c1ccc(C#N)cc1. The van der Waals surface area contributed by atoms with E-state index in [0.717, 1.165) is 25.2 Å². The van der Waals surface area contributed by atoms with Crippen molar-refractivity contribution >= 4 is 5.69 Å². The average molecular weight is 259 g/mol. The lowest BCUT2D eigenvalue weighted by molar-refractivity contribution is 0.198. The number of hydrogen-bond acceptors (Lipinski definition) is 4. The number of nitrogens with zero attached hydrogens (tertiary/aromatic N) is 3. The second-order valence-corrected chi connectivity index (χ2v) is 5.30. The Labute approximate surface area is 114 Å². The number of rotatable bonds is 3. The van der Waals surface area contributed by atoms with Crippen molar-refractivity contribution in [3.8, 4) is 6.07 Å². The van der Waals surface area contributed by atoms with E-state index < -0.39 is 0 Å². The van der Waals surface area contributed by atoms with Crippen LogP contribution < -0.4 is 4.90 Å². The molecule has 1 aliphatic rings. The van der Waals surface area contributed by atoms with Crippen molar-refractivity contribution in [3.63, 3.8) is 0 Å². The van der Waals surface area contributed by atoms with E-state index in [4.69, 9.17) is 5.26 Å². The summed E-state index contributed by atoms with van der Waals surface area (Å²) in [7, 11) is 2.12. The number of piperazine rings is 1. The van der Waals surface area contributed by atoms with Gasteiger partial charge in [-0.2, -0.15) is 5.26 Å². The van der Waals surface area contributed by atoms with E-state index in [1.165, 1.54) is 0 Å². The van der Waals surface area contributed by atoms with E-state index in [2.05, 4.69) is 29.8 Å². The van der Waals surface area contributed by atoms with Crippen molar-refractivity contribution in [2.45, 2.75) is 25.4 Å². The number of benzene rings is 1. The first-order chi connectivity index (χ1) is 9.15. The fraction of sp³-hybridized carbons (Fsp3) is 0.533. The standard InChI is InChI=1S/C15H21N3O/c1-12-10-17(2)11-15(7-8-19)18(12)14-5-3-13(9-16)4-6-14/h3-6,12,15,19H,7-8,10-11H2,1-2H3. The van der Waals surface area contributed by atoms with E-state index in [1.54, 1.807) is 0 Å². The Bertz CT molecular complexity index is 451. The molecule has 0 radical (unpaired) electrons. The van der Waals surface area contributed by atoms with Gasteiger partial charge in [-0.25, -0.2) is 0 Å². The van der Waals surface area contributed by atoms with Gasteiger partial charge in [0.15, 0.2) is 0 Å². The van der Waals surface area contributed by atoms with Crippen LogP contribution in [0.15, 0.2) is 24.3 Å². The molecule has 2 rings (SSSR count). The molecule has 0 spiro atoms. The zero-order valence-electron chi connectivity index (χ0n) is 11.6. The summed E-state index contributed by atoms with van der Waals surface area (Å²) in [5, 5.41) is 18.1. The second kappa shape index (κ2) is 6.05. The van der Waals surface area contributed by atoms with Crippen LogP contribution in [-0.4, -0.2) is 48.8 Å². The Balaban J connectivity index is 2.24. The van der Waals surface area contributed by atoms with Gasteiger partial charge in [0.1, 0.15) is 0 Å². The van der Waals surface area contributed by atoms with E-state index >= 15 is 0 Å². The molecule has 2 atom stereocenters. The quantitative estimate of drug-likeness (QED) is 0.892. The number of likely N-dealkylation sites (N-methyl/N-ethyl adjacent to an activating group) is 1. The molecule has 1 N–H and O–H groups in total. The van der Waals surface area contributed by atoms with Gasteiger partial charge in [0, 0.05) is 37.5 Å². The van der Waals surface area contributed by atoms with Gasteiger partial charge in [0.25, 0.3) is 0 Å². The molecule has 0 aliphatic carbocycles. The van der Waals surface area contributed by atoms with Gasteiger partial charge in [-0.3, -0.25) is 0 Å². The summed E-state index contributed by atoms with van der Waals surface area (Å²) in [4.78, 5) is 4.68. The molecule has 1 aliphatic heterocycles. The molecule has 0 amide bonds. The molecule has 2 unspecified atom stereocenters. The van der Waals surface area contributed by atoms with Gasteiger partial charge in [-0.15, -0.1) is 0 Å². The van der Waals surface area contributed by atoms with E-state index in [1.807, 2.05) is 24.3 Å². The van der Waals surface area contributed by atoms with Gasteiger partial charge in [0.05, 0.1) is 11.6 Å². The molecule has 0 bridgehead atoms. The highest BCUT2D eigenvalue weighted by Gasteiger charge is 2.30. The van der Waals surface area contributed by atoms with Crippen molar-refractivity contribution < 1.29 is 5.11 Å². The largest absolute Gasteiger partial charge is 0.396 e. The number of anilines is 1. The molecule has 1 fully saturated rings. The predicted molar refractivity (Wildman–Crippen MR) is 76.1 cm³/mol. The third-order valence-electron chi connectivity index (χ3n) is 3.72. The summed E-state index contributed by atoms with van der Waals surface area (Å²) in [6.07, 6.45) is 0.773. The highest BCUT2D eigenvalue weighted by atomic mass is 16.3. The number of aliphatic hydroxyl groups excluding tert-OH is 1. The number of nitriles is 1. The Kier molecular flexibility index (Phi) is 4.41. The number of aliphatic hydroxyl groups is 1. The van der Waals surface area contributed by atoms with Crippen LogP contribution in [0.1, 0.15) is 18.9 Å². The monoisotopic (exact) mass is 259 g/mol. The average Bonchev–Trinajstić information content (AvgIpc) is 2.39. The first-order valence-electron chi connectivity index (χ1n) is 6.73. The summed E-state index contributed by atoms with van der Waals surface area (Å²) in [6, 6.07) is 10.6. The maximum Gasteiger partial charge on any atom is 0.0991 e. The van der Waals surface area contributed by atoms with Crippen molar-refractivity contribution in [1.29, 1.82) is 5.26 Å². The molecule has 0 aromatic heterocycles. The van der Waals surface area contributed by atoms with Crippen LogP contribution in [0.25, 0.3) is 0 Å². The lowest BCUT2D eigenvalue weighted by Gasteiger charge is -2.46. The fourth-order valence-corrected chi connectivity index (χ4v) is 2.97. The maximum atomic E-state index is 9.25. The summed E-state index contributed by atoms with van der Waals surface area (Å²) < 4.78 is 0. The predicted octanol–water partition coefficient (Wildman–Crippen LogP) is 1.45. The third-order valence-corrected chi connectivity index (χ3v) is 3.72. The molecule has 1 aromatic carbocycles. The van der Waals surface area contributed by atoms with Gasteiger partial charge >= 0.3 is 0 Å². The fourth-order valence-electron chi connectivity index (χ4n) is 2.97. The van der Waals surface area contributed by atoms with Crippen LogP contribution in [0, 0.1) is 11.3 Å². The summed E-state index contributed by atoms with van der Waals surface area (Å²) in [5.41, 5.74) is 1.82. The van der Waals surface area contributed by atoms with Crippen LogP contribution >= 0.6 is 0 Å². The lowest BCUT2D eigenvalue weighted by atomic mass is 10.0. The first-order valence-corrected chi connectivity index (χ1v) is 6.73. The summed E-state index contributed by atoms with van der Waals surface area (Å²) in [6.45, 7) is 4.39. The molecular weight excluding hydrogens is 238 g/mol. The van der Waals surface area contributed by atoms with E-state index in [9.17, 15) is 5.11 Å². The topological polar surface area (TPSA) is 50.5 Å². The Morgan fingerprint density at radius 2 is 2.00 bits per heavy atom. The van der Waals surface area contributed by atoms with Gasteiger partial charge in [-0.1, -0.05) is 0 Å². The highest BCUT2D eigenvalue weighted by molar-refractivity contribution is 5.52. The molecule has 1 heterocycles. The van der Waals surface area contributed by atoms with Crippen molar-refractivity contribution in [1.82, 2.24) is 4.90 Å². The highest BCUT2D eigenvalue weighted by Crippen LogP contribution is 2.26. The molecule has 4 nitrogen and oxygen atoms in total. The number of hydrogen-bond donors (Lipinski definition) is 1. The molecule has 19 heavy (non-hydrogen) atoms. The van der Waals surface area contributed by atoms with Crippen LogP contribution in [0.2, 0.25) is 0 Å². The molecule has 1 saturated heterocycles. The zero-order chi connectivity index (χ0) is 13.8. The molecule has 0 saturated carbocycles. The van der Waals surface area contributed by atoms with Crippen molar-refractivity contribution in [2.24, 2.45) is 0 Å². The lowest BCUT2D eigenvalue weighted by Crippen LogP contribution is -2.57. The Morgan fingerprint density at radius 3 is 2.58 bits per heavy atom. The van der Waals surface area contributed by atoms with E-state index in [-0.39, 0.29) is 6.61 Å². The minimum atomic E-state index is 0.206. The molecular formula is C15H21N3O. The van der Waals surface area contributed by atoms with Gasteiger partial charge in [0.2, 0.25) is 0 Å². The molecule has 1 aromatic rings. The van der Waals surface area contributed by atoms with Gasteiger partial charge in [-0.05, 0) is 44.7 Å². The minimum Gasteiger partial charge on any atom is -0.396 e. The molecule has 102 valence electrons.